The van der Waals surface area contributed by atoms with Gasteiger partial charge in [0.2, 0.25) is 5.79 Å². The van der Waals surface area contributed by atoms with Crippen LogP contribution < -0.4 is 4.90 Å². The summed E-state index contributed by atoms with van der Waals surface area (Å²) in [6.45, 7) is 3.61. The molecule has 1 saturated heterocycles. The maximum absolute atomic E-state index is 5.36. The molecule has 0 atom stereocenters. The number of hydrogen-bond acceptors (Lipinski definition) is 3. The van der Waals surface area contributed by atoms with Crippen molar-refractivity contribution in [1.82, 2.24) is 0 Å². The molecule has 4 heteroatoms. The van der Waals surface area contributed by atoms with Gasteiger partial charge in [-0.3, -0.25) is 0 Å². The van der Waals surface area contributed by atoms with E-state index in [0.29, 0.717) is 0 Å². The van der Waals surface area contributed by atoms with Gasteiger partial charge in [0.25, 0.3) is 0 Å². The summed E-state index contributed by atoms with van der Waals surface area (Å²) >= 11 is 3.58. The molecule has 1 aromatic carbocycles. The summed E-state index contributed by atoms with van der Waals surface area (Å²) < 4.78 is 11.8. The van der Waals surface area contributed by atoms with Crippen LogP contribution in [0.5, 0.6) is 0 Å². The van der Waals surface area contributed by atoms with Crippen molar-refractivity contribution < 1.29 is 9.47 Å². The fourth-order valence-electron chi connectivity index (χ4n) is 1.92. The zero-order valence-electron chi connectivity index (χ0n) is 9.79. The normalized spacial score (nSPS) is 18.4. The highest BCUT2D eigenvalue weighted by Crippen LogP contribution is 2.35. The zero-order valence-corrected chi connectivity index (χ0v) is 11.4. The molecule has 0 radical (unpaired) electrons. The van der Waals surface area contributed by atoms with Gasteiger partial charge < -0.3 is 14.4 Å². The number of anilines is 1. The van der Waals surface area contributed by atoms with Gasteiger partial charge in [-0.2, -0.15) is 0 Å². The van der Waals surface area contributed by atoms with E-state index in [-0.39, 0.29) is 0 Å². The molecule has 0 amide bonds. The summed E-state index contributed by atoms with van der Waals surface area (Å²) in [7, 11) is 3.37. The SMILES string of the molecule is COC1(OC)CN(c2ccc(C)cc2Br)C1. The summed E-state index contributed by atoms with van der Waals surface area (Å²) in [6.07, 6.45) is 0. The van der Waals surface area contributed by atoms with Crippen molar-refractivity contribution in [2.24, 2.45) is 0 Å². The molecule has 1 fully saturated rings. The molecular formula is C12H16BrNO2. The molecule has 0 unspecified atom stereocenters. The Morgan fingerprint density at radius 2 is 1.88 bits per heavy atom. The van der Waals surface area contributed by atoms with E-state index < -0.39 is 5.79 Å². The summed E-state index contributed by atoms with van der Waals surface area (Å²) in [5.41, 5.74) is 2.44. The minimum atomic E-state index is -0.426. The van der Waals surface area contributed by atoms with Gasteiger partial charge in [0.15, 0.2) is 0 Å². The Morgan fingerprint density at radius 3 is 2.38 bits per heavy atom. The van der Waals surface area contributed by atoms with Crippen LogP contribution in [0.2, 0.25) is 0 Å². The molecule has 0 bridgehead atoms. The molecule has 0 saturated carbocycles. The predicted molar refractivity (Wildman–Crippen MR) is 67.8 cm³/mol. The fourth-order valence-corrected chi connectivity index (χ4v) is 2.66. The van der Waals surface area contributed by atoms with E-state index >= 15 is 0 Å². The van der Waals surface area contributed by atoms with Gasteiger partial charge in [0.1, 0.15) is 0 Å². The number of hydrogen-bond donors (Lipinski definition) is 0. The van der Waals surface area contributed by atoms with Gasteiger partial charge in [-0.25, -0.2) is 0 Å². The first-order valence-corrected chi connectivity index (χ1v) is 6.01. The van der Waals surface area contributed by atoms with Crippen LogP contribution in [0, 0.1) is 6.92 Å². The molecule has 3 nitrogen and oxygen atoms in total. The van der Waals surface area contributed by atoms with Gasteiger partial charge in [0, 0.05) is 18.7 Å². The van der Waals surface area contributed by atoms with Crippen LogP contribution in [0.3, 0.4) is 0 Å². The van der Waals surface area contributed by atoms with Crippen molar-refractivity contribution in [3.63, 3.8) is 0 Å². The monoisotopic (exact) mass is 285 g/mol. The van der Waals surface area contributed by atoms with Gasteiger partial charge >= 0.3 is 0 Å². The Labute approximate surface area is 104 Å². The summed E-state index contributed by atoms with van der Waals surface area (Å²) in [5.74, 6) is -0.426. The van der Waals surface area contributed by atoms with Crippen molar-refractivity contribution in [3.8, 4) is 0 Å². The van der Waals surface area contributed by atoms with Crippen LogP contribution in [0.15, 0.2) is 22.7 Å². The fraction of sp³-hybridized carbons (Fsp3) is 0.500. The number of rotatable bonds is 3. The Hall–Kier alpha value is -0.580. The molecule has 1 aromatic rings. The highest BCUT2D eigenvalue weighted by atomic mass is 79.9. The Bertz CT molecular complexity index is 383. The molecule has 16 heavy (non-hydrogen) atoms. The lowest BCUT2D eigenvalue weighted by atomic mass is 10.1. The van der Waals surface area contributed by atoms with Gasteiger partial charge in [-0.1, -0.05) is 6.07 Å². The van der Waals surface area contributed by atoms with E-state index in [9.17, 15) is 0 Å². The van der Waals surface area contributed by atoms with Crippen LogP contribution in [0.4, 0.5) is 5.69 Å². The highest BCUT2D eigenvalue weighted by molar-refractivity contribution is 9.10. The second kappa shape index (κ2) is 4.35. The third-order valence-corrected chi connectivity index (χ3v) is 3.69. The Kier molecular flexibility index (Phi) is 3.24. The topological polar surface area (TPSA) is 21.7 Å². The number of aryl methyl sites for hydroxylation is 1. The molecule has 2 rings (SSSR count). The van der Waals surface area contributed by atoms with E-state index in [0.717, 1.165) is 17.6 Å². The second-order valence-electron chi connectivity index (χ2n) is 4.13. The lowest BCUT2D eigenvalue weighted by molar-refractivity contribution is -0.219. The first kappa shape index (κ1) is 11.9. The molecule has 0 N–H and O–H groups in total. The number of halogens is 1. The van der Waals surface area contributed by atoms with E-state index in [1.807, 2.05) is 0 Å². The predicted octanol–water partition coefficient (Wildman–Crippen LogP) is 2.57. The molecule has 1 heterocycles. The Balaban J connectivity index is 2.12. The third-order valence-electron chi connectivity index (χ3n) is 3.05. The average molecular weight is 286 g/mol. The quantitative estimate of drug-likeness (QED) is 0.797. The first-order chi connectivity index (χ1) is 7.60. The van der Waals surface area contributed by atoms with Crippen LogP contribution in [-0.4, -0.2) is 33.1 Å². The standard InChI is InChI=1S/C12H16BrNO2/c1-9-4-5-11(10(13)6-9)14-7-12(8-14,15-2)16-3/h4-6H,7-8H2,1-3H3. The van der Waals surface area contributed by atoms with Crippen molar-refractivity contribution in [2.75, 3.05) is 32.2 Å². The number of nitrogens with zero attached hydrogens (tertiary/aromatic N) is 1. The number of benzene rings is 1. The molecule has 0 aromatic heterocycles. The summed E-state index contributed by atoms with van der Waals surface area (Å²) in [4.78, 5) is 2.23. The lowest BCUT2D eigenvalue weighted by Gasteiger charge is -2.49. The van der Waals surface area contributed by atoms with Crippen molar-refractivity contribution in [2.45, 2.75) is 12.7 Å². The van der Waals surface area contributed by atoms with Gasteiger partial charge in [-0.05, 0) is 40.5 Å². The second-order valence-corrected chi connectivity index (χ2v) is 4.98. The molecule has 0 aliphatic carbocycles. The molecule has 1 aliphatic heterocycles. The number of ether oxygens (including phenoxy) is 2. The van der Waals surface area contributed by atoms with Crippen LogP contribution in [-0.2, 0) is 9.47 Å². The van der Waals surface area contributed by atoms with Crippen LogP contribution >= 0.6 is 15.9 Å². The largest absolute Gasteiger partial charge is 0.360 e. The molecule has 1 aliphatic rings. The smallest absolute Gasteiger partial charge is 0.203 e. The zero-order chi connectivity index (χ0) is 11.8. The minimum Gasteiger partial charge on any atom is -0.360 e. The van der Waals surface area contributed by atoms with E-state index in [4.69, 9.17) is 9.47 Å². The third kappa shape index (κ3) is 1.97. The molecule has 0 spiro atoms. The van der Waals surface area contributed by atoms with Crippen LogP contribution in [0.1, 0.15) is 5.56 Å². The first-order valence-electron chi connectivity index (χ1n) is 5.21. The number of methoxy groups -OCH3 is 2. The maximum Gasteiger partial charge on any atom is 0.203 e. The van der Waals surface area contributed by atoms with Gasteiger partial charge in [-0.15, -0.1) is 0 Å². The van der Waals surface area contributed by atoms with E-state index in [1.54, 1.807) is 14.2 Å². The summed E-state index contributed by atoms with van der Waals surface area (Å²) in [6, 6.07) is 6.35. The average Bonchev–Trinajstić information content (AvgIpc) is 2.20. The van der Waals surface area contributed by atoms with Gasteiger partial charge in [0.05, 0.1) is 18.8 Å². The van der Waals surface area contributed by atoms with Crippen molar-refractivity contribution in [3.05, 3.63) is 28.2 Å². The Morgan fingerprint density at radius 1 is 1.25 bits per heavy atom. The lowest BCUT2D eigenvalue weighted by Crippen LogP contribution is -2.64. The van der Waals surface area contributed by atoms with Crippen LogP contribution in [0.25, 0.3) is 0 Å². The highest BCUT2D eigenvalue weighted by Gasteiger charge is 2.44. The minimum absolute atomic E-state index is 0.426. The maximum atomic E-state index is 5.36. The molecule has 88 valence electrons. The van der Waals surface area contributed by atoms with E-state index in [1.165, 1.54) is 11.3 Å². The van der Waals surface area contributed by atoms with E-state index in [2.05, 4.69) is 46.0 Å². The summed E-state index contributed by atoms with van der Waals surface area (Å²) in [5, 5.41) is 0. The van der Waals surface area contributed by atoms with Crippen molar-refractivity contribution in [1.29, 1.82) is 0 Å². The van der Waals surface area contributed by atoms with Crippen molar-refractivity contribution >= 4 is 21.6 Å². The molecular weight excluding hydrogens is 270 g/mol.